The van der Waals surface area contributed by atoms with Crippen LogP contribution in [0, 0.1) is 12.8 Å². The number of carbonyl (C=O) groups excluding carboxylic acids is 3. The van der Waals surface area contributed by atoms with Gasteiger partial charge in [0.15, 0.2) is 0 Å². The Labute approximate surface area is 230 Å². The number of ether oxygens (including phenoxy) is 1. The smallest absolute Gasteiger partial charge is 0.239 e. The molecule has 3 amide bonds. The second kappa shape index (κ2) is 12.9. The number of nitrogens with one attached hydrogen (secondary N) is 2. The zero-order valence-corrected chi connectivity index (χ0v) is 23.2. The molecule has 0 unspecified atom stereocenters. The zero-order valence-electron chi connectivity index (χ0n) is 20.8. The number of benzene rings is 2. The maximum Gasteiger partial charge on any atom is 0.239 e. The molecule has 2 aliphatic heterocycles. The van der Waals surface area contributed by atoms with Crippen LogP contribution in [0.3, 0.4) is 0 Å². The first-order valence-corrected chi connectivity index (χ1v) is 13.7. The van der Waals surface area contributed by atoms with Crippen molar-refractivity contribution in [2.45, 2.75) is 25.8 Å². The van der Waals surface area contributed by atoms with Gasteiger partial charge in [-0.25, -0.2) is 0 Å². The molecule has 2 fully saturated rings. The van der Waals surface area contributed by atoms with Gasteiger partial charge in [-0.1, -0.05) is 45.7 Å². The van der Waals surface area contributed by atoms with Gasteiger partial charge in [0.1, 0.15) is 6.54 Å². The van der Waals surface area contributed by atoms with Crippen molar-refractivity contribution >= 4 is 50.9 Å². The standard InChI is InChI=1S/C27H32BrClN4O4/c1-18-22(29)3-2-4-23(18)31-25(34)16-20-15-24(19-5-7-21(28)8-6-19)33(27(20)36)17-26(35)30-9-10-32-11-13-37-14-12-32/h2-8,20,24H,9-17H2,1H3,(H,30,35)(H,31,34)/t20-,24-/m1/s1. The SMILES string of the molecule is Cc1c(Cl)cccc1NC(=O)C[C@H]1C[C@H](c2ccc(Br)cc2)N(CC(=O)NCCN2CCOCC2)C1=O. The normalized spacial score (nSPS) is 20.2. The molecule has 0 saturated carbocycles. The van der Waals surface area contributed by atoms with Crippen LogP contribution >= 0.6 is 27.5 Å². The molecule has 2 heterocycles. The highest BCUT2D eigenvalue weighted by Gasteiger charge is 2.41. The summed E-state index contributed by atoms with van der Waals surface area (Å²) >= 11 is 9.63. The van der Waals surface area contributed by atoms with Gasteiger partial charge in [0.25, 0.3) is 0 Å². The Morgan fingerprint density at radius 2 is 1.84 bits per heavy atom. The molecule has 2 atom stereocenters. The fraction of sp³-hybridized carbons (Fsp3) is 0.444. The third-order valence-corrected chi connectivity index (χ3v) is 7.85. The summed E-state index contributed by atoms with van der Waals surface area (Å²) in [6, 6.07) is 12.8. The lowest BCUT2D eigenvalue weighted by Gasteiger charge is -2.27. The highest BCUT2D eigenvalue weighted by Crippen LogP contribution is 2.38. The van der Waals surface area contributed by atoms with Crippen LogP contribution in [0.1, 0.15) is 30.0 Å². The van der Waals surface area contributed by atoms with Crippen molar-refractivity contribution < 1.29 is 19.1 Å². The zero-order chi connectivity index (χ0) is 26.4. The second-order valence-corrected chi connectivity index (χ2v) is 10.8. The summed E-state index contributed by atoms with van der Waals surface area (Å²) in [5, 5.41) is 6.39. The Kier molecular flexibility index (Phi) is 9.59. The molecule has 10 heteroatoms. The highest BCUT2D eigenvalue weighted by atomic mass is 79.9. The van der Waals surface area contributed by atoms with Gasteiger partial charge in [-0.2, -0.15) is 0 Å². The van der Waals surface area contributed by atoms with E-state index < -0.39 is 5.92 Å². The maximum atomic E-state index is 13.4. The molecule has 4 rings (SSSR count). The van der Waals surface area contributed by atoms with Crippen LogP contribution in [0.2, 0.25) is 5.02 Å². The van der Waals surface area contributed by atoms with Crippen LogP contribution in [0.15, 0.2) is 46.9 Å². The maximum absolute atomic E-state index is 13.4. The summed E-state index contributed by atoms with van der Waals surface area (Å²) in [6.07, 6.45) is 0.496. The van der Waals surface area contributed by atoms with Gasteiger partial charge in [0, 0.05) is 53.7 Å². The van der Waals surface area contributed by atoms with E-state index in [4.69, 9.17) is 16.3 Å². The summed E-state index contributed by atoms with van der Waals surface area (Å²) in [7, 11) is 0. The third kappa shape index (κ3) is 7.31. The minimum atomic E-state index is -0.519. The molecule has 8 nitrogen and oxygen atoms in total. The molecule has 198 valence electrons. The Morgan fingerprint density at radius 1 is 1.11 bits per heavy atom. The van der Waals surface area contributed by atoms with Crippen LogP contribution in [0.4, 0.5) is 5.69 Å². The topological polar surface area (TPSA) is 91.0 Å². The molecule has 0 radical (unpaired) electrons. The fourth-order valence-electron chi connectivity index (χ4n) is 4.80. The predicted octanol–water partition coefficient (Wildman–Crippen LogP) is 3.78. The summed E-state index contributed by atoms with van der Waals surface area (Å²) in [6.45, 7) is 6.15. The molecule has 2 N–H and O–H groups in total. The quantitative estimate of drug-likeness (QED) is 0.463. The number of nitrogens with zero attached hydrogens (tertiary/aromatic N) is 2. The van der Waals surface area contributed by atoms with E-state index in [9.17, 15) is 14.4 Å². The number of anilines is 1. The van der Waals surface area contributed by atoms with Crippen LogP contribution in [-0.4, -0.2) is 73.5 Å². The van der Waals surface area contributed by atoms with Crippen molar-refractivity contribution in [2.24, 2.45) is 5.92 Å². The Balaban J connectivity index is 1.40. The van der Waals surface area contributed by atoms with Gasteiger partial charge in [-0.3, -0.25) is 19.3 Å². The van der Waals surface area contributed by atoms with Gasteiger partial charge >= 0.3 is 0 Å². The Bertz CT molecular complexity index is 1120. The number of rotatable bonds is 9. The summed E-state index contributed by atoms with van der Waals surface area (Å²) < 4.78 is 6.29. The monoisotopic (exact) mass is 590 g/mol. The summed E-state index contributed by atoms with van der Waals surface area (Å²) in [4.78, 5) is 43.0. The van der Waals surface area contributed by atoms with Crippen molar-refractivity contribution in [1.82, 2.24) is 15.1 Å². The minimum Gasteiger partial charge on any atom is -0.379 e. The van der Waals surface area contributed by atoms with Crippen molar-refractivity contribution in [1.29, 1.82) is 0 Å². The fourth-order valence-corrected chi connectivity index (χ4v) is 5.24. The van der Waals surface area contributed by atoms with Crippen LogP contribution in [0.5, 0.6) is 0 Å². The molecule has 2 aromatic rings. The number of amides is 3. The van der Waals surface area contributed by atoms with E-state index in [1.165, 1.54) is 0 Å². The molecule has 0 spiro atoms. The van der Waals surface area contributed by atoms with Gasteiger partial charge < -0.3 is 20.3 Å². The van der Waals surface area contributed by atoms with E-state index in [2.05, 4.69) is 31.5 Å². The third-order valence-electron chi connectivity index (χ3n) is 6.91. The van der Waals surface area contributed by atoms with Crippen LogP contribution < -0.4 is 10.6 Å². The number of hydrogen-bond acceptors (Lipinski definition) is 5. The van der Waals surface area contributed by atoms with Crippen molar-refractivity contribution in [3.63, 3.8) is 0 Å². The first-order chi connectivity index (χ1) is 17.8. The first-order valence-electron chi connectivity index (χ1n) is 12.5. The average molecular weight is 592 g/mol. The molecule has 0 aliphatic carbocycles. The predicted molar refractivity (Wildman–Crippen MR) is 146 cm³/mol. The molecule has 0 bridgehead atoms. The van der Waals surface area contributed by atoms with Crippen molar-refractivity contribution in [3.05, 3.63) is 63.1 Å². The van der Waals surface area contributed by atoms with Crippen molar-refractivity contribution in [3.8, 4) is 0 Å². The Hall–Kier alpha value is -2.46. The lowest BCUT2D eigenvalue weighted by Crippen LogP contribution is -2.44. The Morgan fingerprint density at radius 3 is 2.57 bits per heavy atom. The van der Waals surface area contributed by atoms with Gasteiger partial charge in [-0.05, 0) is 48.7 Å². The van der Waals surface area contributed by atoms with Gasteiger partial charge in [0.2, 0.25) is 17.7 Å². The van der Waals surface area contributed by atoms with E-state index in [1.54, 1.807) is 23.1 Å². The molecule has 0 aromatic heterocycles. The number of carbonyl (C=O) groups is 3. The molecule has 2 aromatic carbocycles. The largest absolute Gasteiger partial charge is 0.379 e. The van der Waals surface area contributed by atoms with Gasteiger partial charge in [-0.15, -0.1) is 0 Å². The van der Waals surface area contributed by atoms with E-state index in [1.807, 2.05) is 31.2 Å². The summed E-state index contributed by atoms with van der Waals surface area (Å²) in [5.41, 5.74) is 2.34. The molecule has 2 aliphatic rings. The van der Waals surface area contributed by atoms with Crippen LogP contribution in [-0.2, 0) is 19.1 Å². The van der Waals surface area contributed by atoms with E-state index in [0.29, 0.717) is 36.9 Å². The number of likely N-dealkylation sites (tertiary alicyclic amines) is 1. The number of halogens is 2. The lowest BCUT2D eigenvalue weighted by molar-refractivity contribution is -0.137. The van der Waals surface area contributed by atoms with Gasteiger partial charge in [0.05, 0.1) is 19.3 Å². The number of hydrogen-bond donors (Lipinski definition) is 2. The summed E-state index contributed by atoms with van der Waals surface area (Å²) in [5.74, 6) is -1.16. The lowest BCUT2D eigenvalue weighted by atomic mass is 9.97. The van der Waals surface area contributed by atoms with E-state index in [-0.39, 0.29) is 36.7 Å². The van der Waals surface area contributed by atoms with Crippen molar-refractivity contribution in [2.75, 3.05) is 51.3 Å². The van der Waals surface area contributed by atoms with Crippen LogP contribution in [0.25, 0.3) is 0 Å². The average Bonchev–Trinajstić information content (AvgIpc) is 3.17. The molecule has 2 saturated heterocycles. The first kappa shape index (κ1) is 27.6. The molecular weight excluding hydrogens is 560 g/mol. The van der Waals surface area contributed by atoms with E-state index in [0.717, 1.165) is 35.2 Å². The minimum absolute atomic E-state index is 0.0347. The molecule has 37 heavy (non-hydrogen) atoms. The molecular formula is C27H32BrClN4O4. The van der Waals surface area contributed by atoms with E-state index >= 15 is 0 Å². The second-order valence-electron chi connectivity index (χ2n) is 9.43. The number of morpholine rings is 1. The highest BCUT2D eigenvalue weighted by molar-refractivity contribution is 9.10.